The van der Waals surface area contributed by atoms with E-state index in [1.54, 1.807) is 4.90 Å². The highest BCUT2D eigenvalue weighted by atomic mass is 16.6. The lowest BCUT2D eigenvalue weighted by Gasteiger charge is -2.22. The molecule has 0 unspecified atom stereocenters. The largest absolute Gasteiger partial charge is 0.354 e. The highest BCUT2D eigenvalue weighted by Crippen LogP contribution is 2.31. The molecule has 7 nitrogen and oxygen atoms in total. The number of nitrogens with one attached hydrogen (secondary N) is 1. The Kier molecular flexibility index (Phi) is 4.65. The van der Waals surface area contributed by atoms with Crippen molar-refractivity contribution < 1.29 is 4.92 Å². The molecule has 7 heteroatoms. The van der Waals surface area contributed by atoms with Gasteiger partial charge < -0.3 is 10.2 Å². The number of nitro groups is 1. The molecule has 0 amide bonds. The smallest absolute Gasteiger partial charge is 0.330 e. The van der Waals surface area contributed by atoms with Gasteiger partial charge in [-0.05, 0) is 26.0 Å². The molecule has 110 valence electrons. The van der Waals surface area contributed by atoms with Gasteiger partial charge in [0, 0.05) is 18.8 Å². The monoisotopic (exact) mass is 287 g/mol. The quantitative estimate of drug-likeness (QED) is 0.649. The minimum atomic E-state index is -0.462. The molecule has 0 aliphatic heterocycles. The zero-order valence-electron chi connectivity index (χ0n) is 12.0. The minimum Gasteiger partial charge on any atom is -0.354 e. The molecule has 0 saturated carbocycles. The van der Waals surface area contributed by atoms with Crippen molar-refractivity contribution in [3.05, 3.63) is 46.6 Å². The average molecular weight is 287 g/mol. The first-order chi connectivity index (χ1) is 10.2. The Hall–Kier alpha value is -2.70. The lowest BCUT2D eigenvalue weighted by atomic mass is 10.2. The van der Waals surface area contributed by atoms with Gasteiger partial charge in [0.1, 0.15) is 6.20 Å². The van der Waals surface area contributed by atoms with E-state index in [4.69, 9.17) is 0 Å². The Morgan fingerprint density at radius 3 is 2.57 bits per heavy atom. The van der Waals surface area contributed by atoms with Gasteiger partial charge in [0.05, 0.1) is 4.92 Å². The van der Waals surface area contributed by atoms with E-state index in [-0.39, 0.29) is 5.69 Å². The van der Waals surface area contributed by atoms with Crippen molar-refractivity contribution in [1.29, 1.82) is 0 Å². The van der Waals surface area contributed by atoms with Gasteiger partial charge in [-0.15, -0.1) is 0 Å². The minimum absolute atomic E-state index is 0.109. The van der Waals surface area contributed by atoms with Crippen LogP contribution in [-0.2, 0) is 0 Å². The summed E-state index contributed by atoms with van der Waals surface area (Å²) >= 11 is 0. The van der Waals surface area contributed by atoms with Gasteiger partial charge in [-0.2, -0.15) is 4.98 Å². The molecule has 0 bridgehead atoms. The highest BCUT2D eigenvalue weighted by Gasteiger charge is 2.23. The van der Waals surface area contributed by atoms with Crippen LogP contribution < -0.4 is 10.2 Å². The van der Waals surface area contributed by atoms with Gasteiger partial charge in [0.15, 0.2) is 0 Å². The normalized spacial score (nSPS) is 10.2. The fourth-order valence-corrected chi connectivity index (χ4v) is 2.00. The first kappa shape index (κ1) is 14.7. The molecule has 0 aliphatic rings. The van der Waals surface area contributed by atoms with Crippen LogP contribution in [0.2, 0.25) is 0 Å². The van der Waals surface area contributed by atoms with Gasteiger partial charge in [0.25, 0.3) is 0 Å². The number of hydrogen-bond acceptors (Lipinski definition) is 6. The van der Waals surface area contributed by atoms with Crippen LogP contribution in [0, 0.1) is 10.1 Å². The van der Waals surface area contributed by atoms with Crippen molar-refractivity contribution >= 4 is 23.1 Å². The second-order valence-electron chi connectivity index (χ2n) is 4.27. The molecule has 1 aromatic heterocycles. The summed E-state index contributed by atoms with van der Waals surface area (Å²) < 4.78 is 0. The third-order valence-corrected chi connectivity index (χ3v) is 2.92. The molecular formula is C14H17N5O2. The summed E-state index contributed by atoms with van der Waals surface area (Å²) in [6.07, 6.45) is 1.24. The van der Waals surface area contributed by atoms with Crippen LogP contribution in [0.3, 0.4) is 0 Å². The predicted octanol–water partition coefficient (Wildman–Crippen LogP) is 2.97. The number of aromatic nitrogens is 2. The van der Waals surface area contributed by atoms with Crippen molar-refractivity contribution in [2.24, 2.45) is 0 Å². The van der Waals surface area contributed by atoms with E-state index in [1.807, 2.05) is 44.2 Å². The molecule has 0 atom stereocenters. The third kappa shape index (κ3) is 3.25. The number of rotatable bonds is 6. The Morgan fingerprint density at radius 2 is 2.00 bits per heavy atom. The van der Waals surface area contributed by atoms with Crippen molar-refractivity contribution in [3.63, 3.8) is 0 Å². The number of anilines is 3. The summed E-state index contributed by atoms with van der Waals surface area (Å²) in [6, 6.07) is 9.45. The van der Waals surface area contributed by atoms with Crippen LogP contribution in [-0.4, -0.2) is 28.0 Å². The van der Waals surface area contributed by atoms with Crippen molar-refractivity contribution in [2.45, 2.75) is 13.8 Å². The number of hydrogen-bond donors (Lipinski definition) is 1. The maximum Gasteiger partial charge on any atom is 0.330 e. The second kappa shape index (κ2) is 6.65. The van der Waals surface area contributed by atoms with Gasteiger partial charge in [-0.1, -0.05) is 18.2 Å². The summed E-state index contributed by atoms with van der Waals surface area (Å²) in [5.41, 5.74) is 0.742. The Labute approximate surface area is 122 Å². The van der Waals surface area contributed by atoms with E-state index in [9.17, 15) is 10.1 Å². The first-order valence-electron chi connectivity index (χ1n) is 6.75. The standard InChI is InChI=1S/C14H17N5O2/c1-3-15-14-16-10-12(19(20)21)13(17-14)18(4-2)11-8-6-5-7-9-11/h5-10H,3-4H2,1-2H3,(H,15,16,17). The Balaban J connectivity index is 2.52. The van der Waals surface area contributed by atoms with Crippen LogP contribution >= 0.6 is 0 Å². The van der Waals surface area contributed by atoms with E-state index in [2.05, 4.69) is 15.3 Å². The summed E-state index contributed by atoms with van der Waals surface area (Å²) in [6.45, 7) is 5.05. The molecule has 0 saturated heterocycles. The van der Waals surface area contributed by atoms with Crippen LogP contribution in [0.1, 0.15) is 13.8 Å². The van der Waals surface area contributed by atoms with Crippen LogP contribution in [0.4, 0.5) is 23.1 Å². The maximum absolute atomic E-state index is 11.2. The molecule has 0 fully saturated rings. The lowest BCUT2D eigenvalue weighted by molar-refractivity contribution is -0.384. The second-order valence-corrected chi connectivity index (χ2v) is 4.27. The first-order valence-corrected chi connectivity index (χ1v) is 6.75. The molecule has 2 rings (SSSR count). The predicted molar refractivity (Wildman–Crippen MR) is 82.0 cm³/mol. The molecule has 1 aromatic carbocycles. The topological polar surface area (TPSA) is 84.2 Å². The average Bonchev–Trinajstić information content (AvgIpc) is 2.49. The van der Waals surface area contributed by atoms with Gasteiger partial charge in [-0.25, -0.2) is 4.98 Å². The van der Waals surface area contributed by atoms with Crippen LogP contribution in [0.15, 0.2) is 36.5 Å². The molecule has 1 heterocycles. The fraction of sp³-hybridized carbons (Fsp3) is 0.286. The molecular weight excluding hydrogens is 270 g/mol. The van der Waals surface area contributed by atoms with Crippen molar-refractivity contribution in [3.8, 4) is 0 Å². The van der Waals surface area contributed by atoms with Crippen LogP contribution in [0.5, 0.6) is 0 Å². The van der Waals surface area contributed by atoms with E-state index in [0.717, 1.165) is 5.69 Å². The zero-order chi connectivity index (χ0) is 15.2. The van der Waals surface area contributed by atoms with E-state index in [1.165, 1.54) is 6.20 Å². The summed E-state index contributed by atoms with van der Waals surface area (Å²) in [5.74, 6) is 0.673. The highest BCUT2D eigenvalue weighted by molar-refractivity contribution is 5.68. The van der Waals surface area contributed by atoms with Crippen LogP contribution in [0.25, 0.3) is 0 Å². The zero-order valence-corrected chi connectivity index (χ0v) is 12.0. The molecule has 1 N–H and O–H groups in total. The fourth-order valence-electron chi connectivity index (χ4n) is 2.00. The van der Waals surface area contributed by atoms with E-state index >= 15 is 0 Å². The molecule has 0 radical (unpaired) electrons. The van der Waals surface area contributed by atoms with Gasteiger partial charge in [0.2, 0.25) is 11.8 Å². The van der Waals surface area contributed by atoms with Gasteiger partial charge >= 0.3 is 5.69 Å². The number of benzene rings is 1. The molecule has 0 spiro atoms. The van der Waals surface area contributed by atoms with E-state index < -0.39 is 4.92 Å². The Morgan fingerprint density at radius 1 is 1.29 bits per heavy atom. The summed E-state index contributed by atoms with van der Waals surface area (Å²) in [5, 5.41) is 14.2. The summed E-state index contributed by atoms with van der Waals surface area (Å²) in [7, 11) is 0. The van der Waals surface area contributed by atoms with E-state index in [0.29, 0.717) is 24.9 Å². The number of nitrogens with zero attached hydrogens (tertiary/aromatic N) is 4. The maximum atomic E-state index is 11.2. The molecule has 2 aromatic rings. The Bertz CT molecular complexity index is 618. The summed E-state index contributed by atoms with van der Waals surface area (Å²) in [4.78, 5) is 20.8. The van der Waals surface area contributed by atoms with Crippen molar-refractivity contribution in [2.75, 3.05) is 23.3 Å². The molecule has 21 heavy (non-hydrogen) atoms. The van der Waals surface area contributed by atoms with Crippen molar-refractivity contribution in [1.82, 2.24) is 9.97 Å². The lowest BCUT2D eigenvalue weighted by Crippen LogP contribution is -2.20. The van der Waals surface area contributed by atoms with Gasteiger partial charge in [-0.3, -0.25) is 10.1 Å². The third-order valence-electron chi connectivity index (χ3n) is 2.92. The SMILES string of the molecule is CCNc1ncc([N+](=O)[O-])c(N(CC)c2ccccc2)n1. The molecule has 0 aliphatic carbocycles. The number of para-hydroxylation sites is 1.